The van der Waals surface area contributed by atoms with Gasteiger partial charge < -0.3 is 9.74 Å². The summed E-state index contributed by atoms with van der Waals surface area (Å²) in [5, 5.41) is 4.54. The molecule has 0 aromatic heterocycles. The van der Waals surface area contributed by atoms with Crippen molar-refractivity contribution in [2.45, 2.75) is 25.2 Å². The van der Waals surface area contributed by atoms with Gasteiger partial charge in [0.2, 0.25) is 5.78 Å². The van der Waals surface area contributed by atoms with E-state index in [1.807, 2.05) is 127 Å². The van der Waals surface area contributed by atoms with E-state index in [0.717, 1.165) is 27.5 Å². The molecule has 6 nitrogen and oxygen atoms in total. The maximum absolute atomic E-state index is 13.5. The van der Waals surface area contributed by atoms with Gasteiger partial charge in [0.05, 0.1) is 0 Å². The number of aryl methyl sites for hydroxylation is 1. The second-order valence-corrected chi connectivity index (χ2v) is 12.0. The van der Waals surface area contributed by atoms with E-state index < -0.39 is 5.97 Å². The van der Waals surface area contributed by atoms with E-state index in [1.54, 1.807) is 23.9 Å². The lowest BCUT2D eigenvalue weighted by Crippen LogP contribution is -2.17. The summed E-state index contributed by atoms with van der Waals surface area (Å²) in [5.74, 6) is -0.405. The standard InChI is InChI=1S/C38H31ClN2O4S/c1-26-8-6-7-11-35(26)37(43)28-12-18-32(19-13-28)41(31-9-4-3-5-10-31)33-20-14-29(15-21-33)38(44)36(40-45-27(2)42)24-25-46-34-22-16-30(39)17-23-34/h3-23H,24-25H2,1-2H3. The number of oxime groups is 1. The summed E-state index contributed by atoms with van der Waals surface area (Å²) < 4.78 is 0. The Bertz CT molecular complexity index is 1860. The molecule has 0 amide bonds. The Morgan fingerprint density at radius 1 is 0.717 bits per heavy atom. The summed E-state index contributed by atoms with van der Waals surface area (Å²) >= 11 is 7.53. The summed E-state index contributed by atoms with van der Waals surface area (Å²) in [5.41, 5.74) is 5.35. The van der Waals surface area contributed by atoms with Crippen molar-refractivity contribution in [1.29, 1.82) is 0 Å². The molecule has 8 heteroatoms. The topological polar surface area (TPSA) is 76.0 Å². The van der Waals surface area contributed by atoms with Crippen molar-refractivity contribution in [3.8, 4) is 0 Å². The van der Waals surface area contributed by atoms with Crippen LogP contribution in [0.4, 0.5) is 17.1 Å². The first-order valence-electron chi connectivity index (χ1n) is 14.6. The fraction of sp³-hybridized carbons (Fsp3) is 0.105. The third-order valence-corrected chi connectivity index (χ3v) is 8.41. The Morgan fingerprint density at radius 3 is 1.89 bits per heavy atom. The summed E-state index contributed by atoms with van der Waals surface area (Å²) in [6, 6.07) is 39.5. The molecule has 0 radical (unpaired) electrons. The predicted octanol–water partition coefficient (Wildman–Crippen LogP) is 9.63. The Labute approximate surface area is 277 Å². The number of carbonyl (C=O) groups excluding carboxylic acids is 3. The van der Waals surface area contributed by atoms with Crippen molar-refractivity contribution in [3.05, 3.63) is 155 Å². The van der Waals surface area contributed by atoms with E-state index in [4.69, 9.17) is 16.4 Å². The lowest BCUT2D eigenvalue weighted by Gasteiger charge is -2.25. The zero-order valence-corrected chi connectivity index (χ0v) is 26.9. The largest absolute Gasteiger partial charge is 0.331 e. The van der Waals surface area contributed by atoms with Gasteiger partial charge in [-0.25, -0.2) is 4.79 Å². The molecule has 5 aromatic carbocycles. The fourth-order valence-electron chi connectivity index (χ4n) is 4.81. The summed E-state index contributed by atoms with van der Waals surface area (Å²) in [4.78, 5) is 46.1. The van der Waals surface area contributed by atoms with Gasteiger partial charge in [0, 0.05) is 62.8 Å². The Morgan fingerprint density at radius 2 is 1.28 bits per heavy atom. The van der Waals surface area contributed by atoms with Crippen molar-refractivity contribution in [1.82, 2.24) is 0 Å². The minimum atomic E-state index is -0.601. The van der Waals surface area contributed by atoms with Gasteiger partial charge in [-0.15, -0.1) is 11.8 Å². The molecule has 5 aromatic rings. The summed E-state index contributed by atoms with van der Waals surface area (Å²) in [6.07, 6.45) is 0.297. The minimum absolute atomic E-state index is 0.0310. The van der Waals surface area contributed by atoms with Crippen molar-refractivity contribution in [2.24, 2.45) is 5.16 Å². The lowest BCUT2D eigenvalue weighted by atomic mass is 9.99. The molecule has 0 saturated heterocycles. The van der Waals surface area contributed by atoms with Crippen molar-refractivity contribution in [3.63, 3.8) is 0 Å². The third-order valence-electron chi connectivity index (χ3n) is 7.15. The zero-order chi connectivity index (χ0) is 32.5. The molecule has 0 aliphatic rings. The van der Waals surface area contributed by atoms with E-state index in [2.05, 4.69) is 5.16 Å². The van der Waals surface area contributed by atoms with Gasteiger partial charge in [-0.3, -0.25) is 9.59 Å². The number of para-hydroxylation sites is 1. The molecule has 0 saturated carbocycles. The van der Waals surface area contributed by atoms with E-state index in [-0.39, 0.29) is 17.3 Å². The number of ketones is 2. The van der Waals surface area contributed by atoms with Gasteiger partial charge in [0.15, 0.2) is 5.78 Å². The van der Waals surface area contributed by atoms with Crippen LogP contribution in [0.2, 0.25) is 5.02 Å². The number of carbonyl (C=O) groups is 3. The quantitative estimate of drug-likeness (QED) is 0.0442. The Balaban J connectivity index is 1.38. The molecule has 0 heterocycles. The number of thioether (sulfide) groups is 1. The van der Waals surface area contributed by atoms with Crippen LogP contribution in [0.25, 0.3) is 0 Å². The zero-order valence-electron chi connectivity index (χ0n) is 25.4. The average Bonchev–Trinajstić information content (AvgIpc) is 3.08. The number of anilines is 3. The number of halogens is 1. The highest BCUT2D eigenvalue weighted by Crippen LogP contribution is 2.35. The highest BCUT2D eigenvalue weighted by Gasteiger charge is 2.19. The maximum atomic E-state index is 13.5. The molecular weight excluding hydrogens is 616 g/mol. The highest BCUT2D eigenvalue weighted by atomic mass is 35.5. The second kappa shape index (κ2) is 15.3. The molecule has 0 atom stereocenters. The number of hydrogen-bond donors (Lipinski definition) is 0. The molecule has 0 unspecified atom stereocenters. The van der Waals surface area contributed by atoms with Crippen molar-refractivity contribution in [2.75, 3.05) is 10.7 Å². The summed E-state index contributed by atoms with van der Waals surface area (Å²) in [6.45, 7) is 3.17. The highest BCUT2D eigenvalue weighted by molar-refractivity contribution is 7.99. The number of Topliss-reactive ketones (excluding diaryl/α,β-unsaturated/α-hetero) is 1. The molecule has 5 rings (SSSR count). The van der Waals surface area contributed by atoms with E-state index in [9.17, 15) is 14.4 Å². The second-order valence-electron chi connectivity index (χ2n) is 10.4. The average molecular weight is 647 g/mol. The monoisotopic (exact) mass is 646 g/mol. The number of hydrogen-bond acceptors (Lipinski definition) is 7. The van der Waals surface area contributed by atoms with Crippen LogP contribution < -0.4 is 4.90 Å². The molecule has 0 aliphatic carbocycles. The van der Waals surface area contributed by atoms with Gasteiger partial charge >= 0.3 is 5.97 Å². The minimum Gasteiger partial charge on any atom is -0.318 e. The van der Waals surface area contributed by atoms with Gasteiger partial charge in [0.25, 0.3) is 0 Å². The van der Waals surface area contributed by atoms with Crippen LogP contribution in [0.3, 0.4) is 0 Å². The van der Waals surface area contributed by atoms with Crippen molar-refractivity contribution < 1.29 is 19.2 Å². The first kappa shape index (κ1) is 32.4. The Kier molecular flexibility index (Phi) is 10.8. The SMILES string of the molecule is CC(=O)ON=C(CCSc1ccc(Cl)cc1)C(=O)c1ccc(N(c2ccccc2)c2ccc(C(=O)c3ccccc3C)cc2)cc1. The lowest BCUT2D eigenvalue weighted by molar-refractivity contribution is -0.140. The molecular formula is C38H31ClN2O4S. The van der Waals surface area contributed by atoms with Gasteiger partial charge in [-0.1, -0.05) is 59.2 Å². The molecule has 230 valence electrons. The number of rotatable bonds is 12. The molecule has 0 spiro atoms. The van der Waals surface area contributed by atoms with Crippen LogP contribution in [0.1, 0.15) is 45.2 Å². The molecule has 46 heavy (non-hydrogen) atoms. The van der Waals surface area contributed by atoms with Crippen LogP contribution in [0, 0.1) is 6.92 Å². The first-order chi connectivity index (χ1) is 22.3. The maximum Gasteiger partial charge on any atom is 0.331 e. The molecule has 0 aliphatic heterocycles. The smallest absolute Gasteiger partial charge is 0.318 e. The number of benzene rings is 5. The van der Waals surface area contributed by atoms with Crippen LogP contribution >= 0.6 is 23.4 Å². The van der Waals surface area contributed by atoms with Crippen LogP contribution in [-0.4, -0.2) is 29.0 Å². The number of nitrogens with zero attached hydrogens (tertiary/aromatic N) is 2. The summed E-state index contributed by atoms with van der Waals surface area (Å²) in [7, 11) is 0. The van der Waals surface area contributed by atoms with Gasteiger partial charge in [0.1, 0.15) is 5.71 Å². The predicted molar refractivity (Wildman–Crippen MR) is 186 cm³/mol. The molecule has 0 N–H and O–H groups in total. The first-order valence-corrected chi connectivity index (χ1v) is 16.0. The normalized spacial score (nSPS) is 11.2. The van der Waals surface area contributed by atoms with Crippen LogP contribution in [0.5, 0.6) is 0 Å². The van der Waals surface area contributed by atoms with Crippen LogP contribution in [0.15, 0.2) is 137 Å². The van der Waals surface area contributed by atoms with Crippen LogP contribution in [-0.2, 0) is 9.63 Å². The fourth-order valence-corrected chi connectivity index (χ4v) is 5.80. The van der Waals surface area contributed by atoms with Gasteiger partial charge in [-0.2, -0.15) is 0 Å². The van der Waals surface area contributed by atoms with E-state index >= 15 is 0 Å². The van der Waals surface area contributed by atoms with Gasteiger partial charge in [-0.05, 0) is 97.4 Å². The van der Waals surface area contributed by atoms with E-state index in [1.165, 1.54) is 6.92 Å². The molecule has 0 bridgehead atoms. The van der Waals surface area contributed by atoms with E-state index in [0.29, 0.717) is 33.9 Å². The third kappa shape index (κ3) is 8.18. The Hall–Kier alpha value is -4.98. The molecule has 0 fully saturated rings. The van der Waals surface area contributed by atoms with Crippen molar-refractivity contribution >= 4 is 63.7 Å².